The Morgan fingerprint density at radius 1 is 1.42 bits per heavy atom. The SMILES string of the molecule is Cc1cc(S(=O)(=O)Nc2ccn(C)n2)cc(N)c1F. The fourth-order valence-corrected chi connectivity index (χ4v) is 2.70. The van der Waals surface area contributed by atoms with Gasteiger partial charge in [-0.3, -0.25) is 9.40 Å². The van der Waals surface area contributed by atoms with Crippen LogP contribution in [0.25, 0.3) is 0 Å². The number of halogens is 1. The summed E-state index contributed by atoms with van der Waals surface area (Å²) >= 11 is 0. The minimum atomic E-state index is -3.83. The fourth-order valence-electron chi connectivity index (χ4n) is 1.58. The van der Waals surface area contributed by atoms with Crippen LogP contribution in [0.4, 0.5) is 15.9 Å². The van der Waals surface area contributed by atoms with Crippen molar-refractivity contribution in [2.45, 2.75) is 11.8 Å². The molecule has 0 aliphatic rings. The molecule has 0 radical (unpaired) electrons. The van der Waals surface area contributed by atoms with E-state index < -0.39 is 15.8 Å². The van der Waals surface area contributed by atoms with Crippen molar-refractivity contribution < 1.29 is 12.8 Å². The number of nitrogens with two attached hydrogens (primary N) is 1. The number of aryl methyl sites for hydroxylation is 2. The van der Waals surface area contributed by atoms with Crippen LogP contribution in [0.1, 0.15) is 5.56 Å². The number of aromatic nitrogens is 2. The summed E-state index contributed by atoms with van der Waals surface area (Å²) in [4.78, 5) is -0.102. The summed E-state index contributed by atoms with van der Waals surface area (Å²) in [6.45, 7) is 1.45. The predicted molar refractivity (Wildman–Crippen MR) is 69.6 cm³/mol. The smallest absolute Gasteiger partial charge is 0.263 e. The van der Waals surface area contributed by atoms with Gasteiger partial charge >= 0.3 is 0 Å². The van der Waals surface area contributed by atoms with Crippen molar-refractivity contribution in [2.24, 2.45) is 7.05 Å². The Labute approximate surface area is 110 Å². The number of benzene rings is 1. The first-order valence-corrected chi connectivity index (χ1v) is 6.86. The van der Waals surface area contributed by atoms with E-state index >= 15 is 0 Å². The maximum Gasteiger partial charge on any atom is 0.263 e. The minimum Gasteiger partial charge on any atom is -0.396 e. The molecule has 1 aromatic heterocycles. The Morgan fingerprint density at radius 3 is 2.63 bits per heavy atom. The second-order valence-electron chi connectivity index (χ2n) is 4.12. The van der Waals surface area contributed by atoms with Crippen LogP contribution in [0.5, 0.6) is 0 Å². The zero-order valence-corrected chi connectivity index (χ0v) is 11.2. The summed E-state index contributed by atoms with van der Waals surface area (Å²) in [7, 11) is -2.17. The number of rotatable bonds is 3. The third-order valence-electron chi connectivity index (χ3n) is 2.52. The van der Waals surface area contributed by atoms with E-state index in [1.54, 1.807) is 13.2 Å². The number of nitrogens with zero attached hydrogens (tertiary/aromatic N) is 2. The Morgan fingerprint density at radius 2 is 2.11 bits per heavy atom. The largest absolute Gasteiger partial charge is 0.396 e. The Kier molecular flexibility index (Phi) is 3.19. The molecular formula is C11H13FN4O2S. The second kappa shape index (κ2) is 4.54. The minimum absolute atomic E-state index is 0.102. The molecule has 3 N–H and O–H groups in total. The van der Waals surface area contributed by atoms with E-state index in [0.717, 1.165) is 6.07 Å². The van der Waals surface area contributed by atoms with E-state index in [-0.39, 0.29) is 22.0 Å². The van der Waals surface area contributed by atoms with Gasteiger partial charge in [-0.2, -0.15) is 5.10 Å². The Hall–Kier alpha value is -2.09. The lowest BCUT2D eigenvalue weighted by molar-refractivity contribution is 0.598. The Balaban J connectivity index is 2.40. The summed E-state index contributed by atoms with van der Waals surface area (Å²) in [6.07, 6.45) is 1.60. The zero-order chi connectivity index (χ0) is 14.2. The van der Waals surface area contributed by atoms with Crippen LogP contribution in [0.2, 0.25) is 0 Å². The van der Waals surface area contributed by atoms with Gasteiger partial charge in [-0.25, -0.2) is 12.8 Å². The topological polar surface area (TPSA) is 90.0 Å². The quantitative estimate of drug-likeness (QED) is 0.830. The third-order valence-corrected chi connectivity index (χ3v) is 3.85. The molecule has 0 aliphatic carbocycles. The molecule has 0 unspecified atom stereocenters. The first kappa shape index (κ1) is 13.3. The highest BCUT2D eigenvalue weighted by Gasteiger charge is 2.18. The highest BCUT2D eigenvalue weighted by atomic mass is 32.2. The lowest BCUT2D eigenvalue weighted by Gasteiger charge is -2.08. The monoisotopic (exact) mass is 284 g/mol. The van der Waals surface area contributed by atoms with Crippen LogP contribution in [-0.4, -0.2) is 18.2 Å². The van der Waals surface area contributed by atoms with Crippen molar-refractivity contribution in [1.29, 1.82) is 0 Å². The summed E-state index contributed by atoms with van der Waals surface area (Å²) in [5.74, 6) is -0.431. The standard InChI is InChI=1S/C11H13FN4O2S/c1-7-5-8(6-9(13)11(7)12)19(17,18)15-10-3-4-16(2)14-10/h3-6H,13H2,1-2H3,(H,14,15). The first-order chi connectivity index (χ1) is 8.79. The predicted octanol–water partition coefficient (Wildman–Crippen LogP) is 1.25. The van der Waals surface area contributed by atoms with Gasteiger partial charge in [-0.15, -0.1) is 0 Å². The van der Waals surface area contributed by atoms with Gasteiger partial charge < -0.3 is 5.73 Å². The fraction of sp³-hybridized carbons (Fsp3) is 0.182. The molecule has 102 valence electrons. The van der Waals surface area contributed by atoms with Crippen molar-refractivity contribution in [2.75, 3.05) is 10.5 Å². The molecule has 8 heteroatoms. The van der Waals surface area contributed by atoms with Crippen LogP contribution < -0.4 is 10.5 Å². The van der Waals surface area contributed by atoms with Crippen molar-refractivity contribution in [3.63, 3.8) is 0 Å². The van der Waals surface area contributed by atoms with Crippen molar-refractivity contribution in [3.05, 3.63) is 35.8 Å². The van der Waals surface area contributed by atoms with Gasteiger partial charge in [0, 0.05) is 19.3 Å². The summed E-state index contributed by atoms with van der Waals surface area (Å²) in [6, 6.07) is 3.81. The molecule has 0 amide bonds. The summed E-state index contributed by atoms with van der Waals surface area (Å²) in [5.41, 5.74) is 5.39. The average Bonchev–Trinajstić information content (AvgIpc) is 2.70. The lowest BCUT2D eigenvalue weighted by Crippen LogP contribution is -2.14. The summed E-state index contributed by atoms with van der Waals surface area (Å²) < 4.78 is 41.3. The van der Waals surface area contributed by atoms with E-state index in [1.807, 2.05) is 0 Å². The van der Waals surface area contributed by atoms with Gasteiger partial charge in [0.2, 0.25) is 0 Å². The second-order valence-corrected chi connectivity index (χ2v) is 5.81. The van der Waals surface area contributed by atoms with E-state index in [2.05, 4.69) is 9.82 Å². The molecule has 19 heavy (non-hydrogen) atoms. The van der Waals surface area contributed by atoms with Crippen LogP contribution >= 0.6 is 0 Å². The van der Waals surface area contributed by atoms with Crippen LogP contribution in [0.3, 0.4) is 0 Å². The van der Waals surface area contributed by atoms with E-state index in [9.17, 15) is 12.8 Å². The highest BCUT2D eigenvalue weighted by Crippen LogP contribution is 2.22. The highest BCUT2D eigenvalue weighted by molar-refractivity contribution is 7.92. The first-order valence-electron chi connectivity index (χ1n) is 5.37. The molecule has 0 bridgehead atoms. The average molecular weight is 284 g/mol. The van der Waals surface area contributed by atoms with E-state index in [1.165, 1.54) is 23.7 Å². The number of nitrogens with one attached hydrogen (secondary N) is 1. The molecule has 1 heterocycles. The van der Waals surface area contributed by atoms with Gasteiger partial charge in [0.25, 0.3) is 10.0 Å². The molecule has 2 aromatic rings. The number of nitrogen functional groups attached to an aromatic ring is 1. The maximum atomic E-state index is 13.4. The van der Waals surface area contributed by atoms with Crippen molar-refractivity contribution in [1.82, 2.24) is 9.78 Å². The molecule has 1 aromatic carbocycles. The maximum absolute atomic E-state index is 13.4. The molecule has 0 saturated carbocycles. The number of anilines is 2. The Bertz CT molecular complexity index is 701. The third kappa shape index (κ3) is 2.68. The van der Waals surface area contributed by atoms with Crippen molar-refractivity contribution >= 4 is 21.5 Å². The lowest BCUT2D eigenvalue weighted by atomic mass is 10.2. The molecule has 2 rings (SSSR count). The van der Waals surface area contributed by atoms with Gasteiger partial charge in [0.1, 0.15) is 5.82 Å². The molecule has 0 fully saturated rings. The normalized spacial score (nSPS) is 11.5. The van der Waals surface area contributed by atoms with Crippen LogP contribution in [-0.2, 0) is 17.1 Å². The molecule has 6 nitrogen and oxygen atoms in total. The molecule has 0 aliphatic heterocycles. The molecule has 0 atom stereocenters. The summed E-state index contributed by atoms with van der Waals surface area (Å²) in [5, 5.41) is 3.90. The molecule has 0 spiro atoms. The van der Waals surface area contributed by atoms with Crippen LogP contribution in [0, 0.1) is 12.7 Å². The van der Waals surface area contributed by atoms with E-state index in [4.69, 9.17) is 5.73 Å². The van der Waals surface area contributed by atoms with E-state index in [0.29, 0.717) is 0 Å². The molecular weight excluding hydrogens is 271 g/mol. The number of hydrogen-bond acceptors (Lipinski definition) is 4. The molecule has 0 saturated heterocycles. The van der Waals surface area contributed by atoms with Gasteiger partial charge in [0.05, 0.1) is 10.6 Å². The number of hydrogen-bond donors (Lipinski definition) is 2. The zero-order valence-electron chi connectivity index (χ0n) is 10.4. The number of sulfonamides is 1. The van der Waals surface area contributed by atoms with Gasteiger partial charge in [-0.05, 0) is 24.6 Å². The van der Waals surface area contributed by atoms with Crippen LogP contribution in [0.15, 0.2) is 29.3 Å². The van der Waals surface area contributed by atoms with Gasteiger partial charge in [-0.1, -0.05) is 0 Å². The van der Waals surface area contributed by atoms with Crippen molar-refractivity contribution in [3.8, 4) is 0 Å². The van der Waals surface area contributed by atoms with Gasteiger partial charge in [0.15, 0.2) is 5.82 Å².